The second kappa shape index (κ2) is 9.18. The maximum Gasteiger partial charge on any atom is 0.255 e. The topological polar surface area (TPSA) is 50.8 Å². The van der Waals surface area contributed by atoms with Gasteiger partial charge in [0.05, 0.1) is 19.8 Å². The van der Waals surface area contributed by atoms with Gasteiger partial charge in [-0.2, -0.15) is 0 Å². The molecule has 5 nitrogen and oxygen atoms in total. The van der Waals surface area contributed by atoms with E-state index in [2.05, 4.69) is 52.7 Å². The molecule has 0 spiro atoms. The van der Waals surface area contributed by atoms with Crippen molar-refractivity contribution >= 4 is 16.7 Å². The van der Waals surface area contributed by atoms with Crippen LogP contribution in [-0.4, -0.2) is 44.2 Å². The lowest BCUT2D eigenvalue weighted by Gasteiger charge is -2.32. The van der Waals surface area contributed by atoms with Crippen molar-refractivity contribution in [1.29, 1.82) is 0 Å². The third-order valence-electron chi connectivity index (χ3n) is 5.85. The summed E-state index contributed by atoms with van der Waals surface area (Å²) in [5.41, 5.74) is 1.87. The fourth-order valence-corrected chi connectivity index (χ4v) is 4.16. The van der Waals surface area contributed by atoms with Crippen LogP contribution in [0, 0.1) is 0 Å². The van der Waals surface area contributed by atoms with Crippen molar-refractivity contribution in [3.63, 3.8) is 0 Å². The van der Waals surface area contributed by atoms with Crippen LogP contribution in [0.4, 0.5) is 0 Å². The average Bonchev–Trinajstić information content (AvgIpc) is 2.80. The molecule has 0 bridgehead atoms. The molecule has 30 heavy (non-hydrogen) atoms. The molecule has 0 radical (unpaired) electrons. The van der Waals surface area contributed by atoms with E-state index in [0.29, 0.717) is 17.1 Å². The molecule has 0 unspecified atom stereocenters. The van der Waals surface area contributed by atoms with E-state index in [9.17, 15) is 4.79 Å². The molecule has 0 saturated carbocycles. The molecule has 4 rings (SSSR count). The Morgan fingerprint density at radius 2 is 1.77 bits per heavy atom. The van der Waals surface area contributed by atoms with Gasteiger partial charge in [-0.25, -0.2) is 0 Å². The van der Waals surface area contributed by atoms with Crippen LogP contribution in [0.5, 0.6) is 11.5 Å². The average molecular weight is 405 g/mol. The van der Waals surface area contributed by atoms with Crippen molar-refractivity contribution < 1.29 is 14.3 Å². The molecule has 3 aromatic carbocycles. The number of hydrogen-bond acceptors (Lipinski definition) is 4. The number of rotatable bonds is 6. The first-order valence-electron chi connectivity index (χ1n) is 10.4. The largest absolute Gasteiger partial charge is 0.497 e. The molecule has 1 fully saturated rings. The molecule has 1 aliphatic heterocycles. The van der Waals surface area contributed by atoms with Gasteiger partial charge in [-0.1, -0.05) is 42.5 Å². The van der Waals surface area contributed by atoms with E-state index in [1.54, 1.807) is 32.4 Å². The molecule has 156 valence electrons. The van der Waals surface area contributed by atoms with Gasteiger partial charge >= 0.3 is 0 Å². The van der Waals surface area contributed by atoms with Crippen LogP contribution < -0.4 is 14.8 Å². The van der Waals surface area contributed by atoms with E-state index in [0.717, 1.165) is 32.5 Å². The van der Waals surface area contributed by atoms with Crippen LogP contribution in [0.15, 0.2) is 60.7 Å². The minimum Gasteiger partial charge on any atom is -0.497 e. The third-order valence-corrected chi connectivity index (χ3v) is 5.85. The summed E-state index contributed by atoms with van der Waals surface area (Å²) in [5, 5.41) is 5.78. The van der Waals surface area contributed by atoms with Crippen molar-refractivity contribution in [3.8, 4) is 11.5 Å². The monoisotopic (exact) mass is 404 g/mol. The Labute approximate surface area is 177 Å². The SMILES string of the molecule is COc1ccc(OC)c(C(=O)NC2CCN(Cc3cccc4ccccc34)CC2)c1. The fourth-order valence-electron chi connectivity index (χ4n) is 4.16. The van der Waals surface area contributed by atoms with Gasteiger partial charge in [0.2, 0.25) is 0 Å². The van der Waals surface area contributed by atoms with E-state index in [1.807, 2.05) is 0 Å². The van der Waals surface area contributed by atoms with Crippen LogP contribution in [0.1, 0.15) is 28.8 Å². The number of amides is 1. The van der Waals surface area contributed by atoms with Gasteiger partial charge in [0.15, 0.2) is 0 Å². The number of fused-ring (bicyclic) bond motifs is 1. The minimum atomic E-state index is -0.113. The molecular formula is C25H28N2O3. The Morgan fingerprint density at radius 1 is 1.00 bits per heavy atom. The Kier molecular flexibility index (Phi) is 6.19. The molecular weight excluding hydrogens is 376 g/mol. The van der Waals surface area contributed by atoms with Gasteiger partial charge in [-0.05, 0) is 47.4 Å². The van der Waals surface area contributed by atoms with Crippen molar-refractivity contribution in [2.24, 2.45) is 0 Å². The summed E-state index contributed by atoms with van der Waals surface area (Å²) in [7, 11) is 3.17. The lowest BCUT2D eigenvalue weighted by Crippen LogP contribution is -2.44. The number of nitrogens with one attached hydrogen (secondary N) is 1. The standard InChI is InChI=1S/C25H28N2O3/c1-29-21-10-11-24(30-2)23(16-21)25(28)26-20-12-14-27(15-13-20)17-19-8-5-7-18-6-3-4-9-22(18)19/h3-11,16,20H,12-15,17H2,1-2H3,(H,26,28). The minimum absolute atomic E-state index is 0.113. The van der Waals surface area contributed by atoms with E-state index >= 15 is 0 Å². The first-order chi connectivity index (χ1) is 14.7. The number of methoxy groups -OCH3 is 2. The zero-order valence-corrected chi connectivity index (χ0v) is 17.6. The summed E-state index contributed by atoms with van der Waals surface area (Å²) < 4.78 is 10.6. The highest BCUT2D eigenvalue weighted by Gasteiger charge is 2.23. The zero-order valence-electron chi connectivity index (χ0n) is 17.6. The van der Waals surface area contributed by atoms with Crippen LogP contribution >= 0.6 is 0 Å². The van der Waals surface area contributed by atoms with Crippen molar-refractivity contribution in [3.05, 3.63) is 71.8 Å². The second-order valence-corrected chi connectivity index (χ2v) is 7.73. The Bertz CT molecular complexity index is 1020. The summed E-state index contributed by atoms with van der Waals surface area (Å²) in [6.07, 6.45) is 1.87. The van der Waals surface area contributed by atoms with Gasteiger partial charge in [-0.15, -0.1) is 0 Å². The molecule has 5 heteroatoms. The molecule has 1 N–H and O–H groups in total. The highest BCUT2D eigenvalue weighted by Crippen LogP contribution is 2.25. The Hall–Kier alpha value is -3.05. The van der Waals surface area contributed by atoms with E-state index in [4.69, 9.17) is 9.47 Å². The molecule has 1 aliphatic rings. The number of nitrogens with zero attached hydrogens (tertiary/aromatic N) is 1. The van der Waals surface area contributed by atoms with Gasteiger partial charge in [-0.3, -0.25) is 9.69 Å². The third kappa shape index (κ3) is 4.41. The predicted molar refractivity (Wildman–Crippen MR) is 119 cm³/mol. The van der Waals surface area contributed by atoms with Crippen LogP contribution in [0.25, 0.3) is 10.8 Å². The van der Waals surface area contributed by atoms with E-state index in [-0.39, 0.29) is 11.9 Å². The maximum atomic E-state index is 12.8. The smallest absolute Gasteiger partial charge is 0.255 e. The molecule has 1 amide bonds. The molecule has 3 aromatic rings. The predicted octanol–water partition coefficient (Wildman–Crippen LogP) is 4.25. The van der Waals surface area contributed by atoms with Gasteiger partial charge in [0, 0.05) is 25.7 Å². The van der Waals surface area contributed by atoms with E-state index < -0.39 is 0 Å². The number of carbonyl (C=O) groups is 1. The molecule has 0 atom stereocenters. The summed E-state index contributed by atoms with van der Waals surface area (Å²) in [5.74, 6) is 1.09. The highest BCUT2D eigenvalue weighted by molar-refractivity contribution is 5.97. The van der Waals surface area contributed by atoms with Gasteiger partial charge in [0.25, 0.3) is 5.91 Å². The summed E-state index contributed by atoms with van der Waals surface area (Å²) in [6.45, 7) is 2.86. The van der Waals surface area contributed by atoms with Gasteiger partial charge in [0.1, 0.15) is 11.5 Å². The van der Waals surface area contributed by atoms with Crippen molar-refractivity contribution in [2.45, 2.75) is 25.4 Å². The Balaban J connectivity index is 1.36. The summed E-state index contributed by atoms with van der Waals surface area (Å²) in [4.78, 5) is 15.3. The van der Waals surface area contributed by atoms with Crippen LogP contribution in [-0.2, 0) is 6.54 Å². The summed E-state index contributed by atoms with van der Waals surface area (Å²) >= 11 is 0. The number of hydrogen-bond donors (Lipinski definition) is 1. The maximum absolute atomic E-state index is 12.8. The first kappa shape index (κ1) is 20.2. The van der Waals surface area contributed by atoms with Crippen molar-refractivity contribution in [1.82, 2.24) is 10.2 Å². The normalized spacial score (nSPS) is 15.1. The Morgan fingerprint density at radius 3 is 2.53 bits per heavy atom. The van der Waals surface area contributed by atoms with Gasteiger partial charge < -0.3 is 14.8 Å². The summed E-state index contributed by atoms with van der Waals surface area (Å²) in [6, 6.07) is 20.5. The number of piperidine rings is 1. The first-order valence-corrected chi connectivity index (χ1v) is 10.4. The quantitative estimate of drug-likeness (QED) is 0.667. The zero-order chi connectivity index (χ0) is 20.9. The number of benzene rings is 3. The molecule has 0 aliphatic carbocycles. The number of carbonyl (C=O) groups excluding carboxylic acids is 1. The highest BCUT2D eigenvalue weighted by atomic mass is 16.5. The number of ether oxygens (including phenoxy) is 2. The second-order valence-electron chi connectivity index (χ2n) is 7.73. The van der Waals surface area contributed by atoms with Crippen LogP contribution in [0.2, 0.25) is 0 Å². The fraction of sp³-hybridized carbons (Fsp3) is 0.320. The molecule has 1 heterocycles. The lowest BCUT2D eigenvalue weighted by atomic mass is 10.0. The van der Waals surface area contributed by atoms with Crippen molar-refractivity contribution in [2.75, 3.05) is 27.3 Å². The van der Waals surface area contributed by atoms with E-state index in [1.165, 1.54) is 16.3 Å². The molecule has 1 saturated heterocycles. The van der Waals surface area contributed by atoms with Crippen LogP contribution in [0.3, 0.4) is 0 Å². The lowest BCUT2D eigenvalue weighted by molar-refractivity contribution is 0.0905. The molecule has 0 aromatic heterocycles. The number of likely N-dealkylation sites (tertiary alicyclic amines) is 1.